The van der Waals surface area contributed by atoms with Gasteiger partial charge in [-0.2, -0.15) is 5.10 Å². The van der Waals surface area contributed by atoms with Crippen molar-refractivity contribution < 1.29 is 23.8 Å². The fourth-order valence-electron chi connectivity index (χ4n) is 2.06. The Hall–Kier alpha value is -2.33. The quantitative estimate of drug-likeness (QED) is 0.284. The van der Waals surface area contributed by atoms with E-state index < -0.39 is 11.9 Å². The van der Waals surface area contributed by atoms with Crippen molar-refractivity contribution in [1.29, 1.82) is 0 Å². The number of halogens is 1. The first-order valence-corrected chi connectivity index (χ1v) is 9.97. The van der Waals surface area contributed by atoms with Crippen molar-refractivity contribution >= 4 is 51.0 Å². The molecule has 0 aromatic heterocycles. The Balaban J connectivity index is 2.18. The molecule has 2 rings (SSSR count). The van der Waals surface area contributed by atoms with E-state index in [4.69, 9.17) is 9.47 Å². The molecule has 0 radical (unpaired) electrons. The second kappa shape index (κ2) is 10.3. The Labute approximate surface area is 175 Å². The topological polar surface area (TPSA) is 98.6 Å². The fraction of sp³-hybridized carbons (Fsp3) is 0.333. The van der Waals surface area contributed by atoms with E-state index in [-0.39, 0.29) is 16.2 Å². The average molecular weight is 470 g/mol. The summed E-state index contributed by atoms with van der Waals surface area (Å²) in [5.41, 5.74) is 0.732. The van der Waals surface area contributed by atoms with Gasteiger partial charge in [0.25, 0.3) is 5.91 Å². The molecular weight excluding hydrogens is 450 g/mol. The van der Waals surface area contributed by atoms with Crippen molar-refractivity contribution in [1.82, 2.24) is 5.32 Å². The van der Waals surface area contributed by atoms with Crippen molar-refractivity contribution in [3.63, 3.8) is 0 Å². The van der Waals surface area contributed by atoms with Gasteiger partial charge >= 0.3 is 5.97 Å². The van der Waals surface area contributed by atoms with Crippen LogP contribution >= 0.6 is 27.7 Å². The molecule has 150 valence electrons. The number of hydrogen-bond acceptors (Lipinski definition) is 8. The maximum absolute atomic E-state index is 11.8. The molecule has 28 heavy (non-hydrogen) atoms. The molecule has 8 nitrogen and oxygen atoms in total. The smallest absolute Gasteiger partial charge is 0.331 e. The van der Waals surface area contributed by atoms with E-state index in [2.05, 4.69) is 36.2 Å². The average Bonchev–Trinajstić information content (AvgIpc) is 2.97. The molecule has 1 N–H and O–H groups in total. The number of amides is 1. The van der Waals surface area contributed by atoms with Gasteiger partial charge < -0.3 is 14.2 Å². The first-order chi connectivity index (χ1) is 13.3. The molecule has 10 heteroatoms. The minimum atomic E-state index is -0.612. The van der Waals surface area contributed by atoms with Gasteiger partial charge in [0, 0.05) is 6.08 Å². The molecule has 1 aromatic rings. The van der Waals surface area contributed by atoms with Crippen molar-refractivity contribution in [3.8, 4) is 11.5 Å². The van der Waals surface area contributed by atoms with E-state index in [9.17, 15) is 9.59 Å². The highest BCUT2D eigenvalue weighted by Crippen LogP contribution is 2.37. The highest BCUT2D eigenvalue weighted by molar-refractivity contribution is 9.10. The largest absolute Gasteiger partial charge is 0.490 e. The zero-order valence-electron chi connectivity index (χ0n) is 15.8. The van der Waals surface area contributed by atoms with Crippen LogP contribution in [0.1, 0.15) is 26.3 Å². The number of nitrogens with one attached hydrogen (secondary N) is 1. The first-order valence-electron chi connectivity index (χ1n) is 8.36. The van der Waals surface area contributed by atoms with Crippen LogP contribution in [0.25, 0.3) is 0 Å². The minimum Gasteiger partial charge on any atom is -0.490 e. The van der Waals surface area contributed by atoms with Crippen LogP contribution in [0.4, 0.5) is 0 Å². The summed E-state index contributed by atoms with van der Waals surface area (Å²) in [4.78, 5) is 23.2. The number of carbonyl (C=O) groups excluding carboxylic acids is 2. The van der Waals surface area contributed by atoms with Crippen molar-refractivity contribution in [2.45, 2.75) is 26.9 Å². The second-order valence-corrected chi connectivity index (χ2v) is 7.55. The summed E-state index contributed by atoms with van der Waals surface area (Å²) in [6.45, 7) is 6.25. The number of nitrogens with zero attached hydrogens (tertiary/aromatic N) is 2. The molecule has 1 aromatic carbocycles. The fourth-order valence-corrected chi connectivity index (χ4v) is 3.36. The van der Waals surface area contributed by atoms with Crippen LogP contribution in [-0.2, 0) is 14.3 Å². The first kappa shape index (κ1) is 22.0. The van der Waals surface area contributed by atoms with Gasteiger partial charge in [-0.1, -0.05) is 0 Å². The Morgan fingerprint density at radius 3 is 2.79 bits per heavy atom. The lowest BCUT2D eigenvalue weighted by molar-refractivity contribution is -0.135. The van der Waals surface area contributed by atoms with Crippen molar-refractivity contribution in [3.05, 3.63) is 33.2 Å². The number of hydrogen-bond donors (Lipinski definition) is 1. The summed E-state index contributed by atoms with van der Waals surface area (Å²) in [6, 6.07) is 3.62. The molecular formula is C18H20BrN3O5S. The maximum atomic E-state index is 11.8. The Morgan fingerprint density at radius 1 is 1.39 bits per heavy atom. The molecule has 1 saturated heterocycles. The van der Waals surface area contributed by atoms with Gasteiger partial charge in [-0.15, -0.1) is 5.10 Å². The van der Waals surface area contributed by atoms with E-state index in [0.29, 0.717) is 18.1 Å². The standard InChI is InChI=1S/C18H20BrN3O5S/c1-5-26-13-7-11(6-12(19)16(13)27-10(2)3)9-20-22-18-21-17(24)14(28-18)8-15(23)25-4/h6-10H,5H2,1-4H3,(H,21,22,24)/b14-8+,20-9?. The number of thioether (sulfide) groups is 1. The molecule has 1 aliphatic heterocycles. The van der Waals surface area contributed by atoms with Gasteiger partial charge in [0.15, 0.2) is 16.7 Å². The van der Waals surface area contributed by atoms with Gasteiger partial charge in [0.05, 0.1) is 35.4 Å². The van der Waals surface area contributed by atoms with Crippen molar-refractivity contribution in [2.24, 2.45) is 10.2 Å². The van der Waals surface area contributed by atoms with Crippen molar-refractivity contribution in [2.75, 3.05) is 13.7 Å². The summed E-state index contributed by atoms with van der Waals surface area (Å²) < 4.78 is 16.7. The van der Waals surface area contributed by atoms with Crippen LogP contribution in [0.2, 0.25) is 0 Å². The lowest BCUT2D eigenvalue weighted by Gasteiger charge is -2.16. The summed E-state index contributed by atoms with van der Waals surface area (Å²) >= 11 is 4.49. The SMILES string of the molecule is CCOc1cc(C=N/N=C2/NC(=O)/C(=C\C(=O)OC)S2)cc(Br)c1OC(C)C. The molecule has 0 aliphatic carbocycles. The van der Waals surface area contributed by atoms with Crippen LogP contribution in [-0.4, -0.2) is 43.1 Å². The summed E-state index contributed by atoms with van der Waals surface area (Å²) in [5, 5.41) is 10.7. The molecule has 0 atom stereocenters. The molecule has 0 bridgehead atoms. The van der Waals surface area contributed by atoms with E-state index in [0.717, 1.165) is 27.9 Å². The summed E-state index contributed by atoms with van der Waals surface area (Å²) in [7, 11) is 1.24. The van der Waals surface area contributed by atoms with E-state index in [1.54, 1.807) is 6.07 Å². The molecule has 1 fully saturated rings. The van der Waals surface area contributed by atoms with Crippen LogP contribution < -0.4 is 14.8 Å². The van der Waals surface area contributed by atoms with Crippen LogP contribution in [0.3, 0.4) is 0 Å². The van der Waals surface area contributed by atoms with Gasteiger partial charge in [-0.3, -0.25) is 10.1 Å². The highest BCUT2D eigenvalue weighted by atomic mass is 79.9. The molecule has 0 unspecified atom stereocenters. The summed E-state index contributed by atoms with van der Waals surface area (Å²) in [5.74, 6) is 0.170. The summed E-state index contributed by atoms with van der Waals surface area (Å²) in [6.07, 6.45) is 2.62. The third-order valence-corrected chi connectivity index (χ3v) is 4.63. The Kier molecular flexibility index (Phi) is 8.06. The predicted octanol–water partition coefficient (Wildman–Crippen LogP) is 3.24. The van der Waals surface area contributed by atoms with E-state index >= 15 is 0 Å². The Bertz CT molecular complexity index is 852. The van der Waals surface area contributed by atoms with Gasteiger partial charge in [-0.25, -0.2) is 4.79 Å². The molecule has 1 amide bonds. The van der Waals surface area contributed by atoms with Crippen LogP contribution in [0, 0.1) is 0 Å². The number of methoxy groups -OCH3 is 1. The third-order valence-electron chi connectivity index (χ3n) is 3.14. The highest BCUT2D eigenvalue weighted by Gasteiger charge is 2.25. The van der Waals surface area contributed by atoms with Crippen LogP contribution in [0.15, 0.2) is 37.8 Å². The number of carbonyl (C=O) groups is 2. The number of benzene rings is 1. The van der Waals surface area contributed by atoms with Gasteiger partial charge in [0.2, 0.25) is 0 Å². The molecule has 1 heterocycles. The minimum absolute atomic E-state index is 0.00309. The number of amidine groups is 1. The number of rotatable bonds is 7. The number of esters is 1. The van der Waals surface area contributed by atoms with E-state index in [1.807, 2.05) is 26.8 Å². The lowest BCUT2D eigenvalue weighted by atomic mass is 10.2. The van der Waals surface area contributed by atoms with E-state index in [1.165, 1.54) is 13.3 Å². The normalized spacial score (nSPS) is 16.9. The molecule has 1 aliphatic rings. The zero-order valence-corrected chi connectivity index (χ0v) is 18.2. The number of ether oxygens (including phenoxy) is 3. The monoisotopic (exact) mass is 469 g/mol. The molecule has 0 spiro atoms. The van der Waals surface area contributed by atoms with Gasteiger partial charge in [0.1, 0.15) is 0 Å². The van der Waals surface area contributed by atoms with Gasteiger partial charge in [-0.05, 0) is 66.2 Å². The Morgan fingerprint density at radius 2 is 2.14 bits per heavy atom. The maximum Gasteiger partial charge on any atom is 0.331 e. The predicted molar refractivity (Wildman–Crippen MR) is 112 cm³/mol. The zero-order chi connectivity index (χ0) is 20.7. The third kappa shape index (κ3) is 6.10. The van der Waals surface area contributed by atoms with Crippen LogP contribution in [0.5, 0.6) is 11.5 Å². The molecule has 0 saturated carbocycles. The lowest BCUT2D eigenvalue weighted by Crippen LogP contribution is -2.19. The second-order valence-electron chi connectivity index (χ2n) is 5.67.